The number of hydrogen-bond acceptors (Lipinski definition) is 3. The summed E-state index contributed by atoms with van der Waals surface area (Å²) in [5.41, 5.74) is 4.14. The second-order valence-corrected chi connectivity index (χ2v) is 6.13. The van der Waals surface area contributed by atoms with Crippen LogP contribution in [0.15, 0.2) is 60.8 Å². The molecule has 0 saturated heterocycles. The normalized spacial score (nSPS) is 10.4. The zero-order chi connectivity index (χ0) is 17.8. The first-order chi connectivity index (χ1) is 12.1. The van der Waals surface area contributed by atoms with Crippen molar-refractivity contribution < 1.29 is 4.79 Å². The Labute approximate surface area is 151 Å². The summed E-state index contributed by atoms with van der Waals surface area (Å²) in [5.74, 6) is 0.236. The lowest BCUT2D eigenvalue weighted by Crippen LogP contribution is -2.15. The third-order valence-electron chi connectivity index (χ3n) is 3.90. The molecule has 0 unspecified atom stereocenters. The topological polar surface area (TPSA) is 54.0 Å². The van der Waals surface area contributed by atoms with E-state index in [0.717, 1.165) is 16.8 Å². The van der Waals surface area contributed by atoms with Crippen molar-refractivity contribution >= 4 is 34.7 Å². The molecule has 5 heteroatoms. The summed E-state index contributed by atoms with van der Waals surface area (Å²) in [7, 11) is 0. The lowest BCUT2D eigenvalue weighted by Gasteiger charge is -2.15. The van der Waals surface area contributed by atoms with Crippen LogP contribution in [0.4, 0.5) is 17.2 Å². The highest BCUT2D eigenvalue weighted by molar-refractivity contribution is 6.34. The molecule has 3 aromatic rings. The second-order valence-electron chi connectivity index (χ2n) is 5.73. The molecule has 0 aliphatic rings. The standard InChI is InChI=1S/C20H18ClN3O/c1-13-7-5-8-14(2)18(13)24-19-15(9-6-12-22-19)20(25)23-17-11-4-3-10-16(17)21/h3-12H,1-2H3,(H,22,24)(H,23,25). The van der Waals surface area contributed by atoms with E-state index in [1.807, 2.05) is 44.2 Å². The number of aryl methyl sites for hydroxylation is 2. The summed E-state index contributed by atoms with van der Waals surface area (Å²) in [6.07, 6.45) is 1.65. The molecule has 1 aromatic heterocycles. The number of aromatic nitrogens is 1. The van der Waals surface area contributed by atoms with Gasteiger partial charge < -0.3 is 10.6 Å². The van der Waals surface area contributed by atoms with Crippen LogP contribution in [0.2, 0.25) is 5.02 Å². The molecule has 1 amide bonds. The van der Waals surface area contributed by atoms with Crippen molar-refractivity contribution in [2.45, 2.75) is 13.8 Å². The van der Waals surface area contributed by atoms with E-state index in [1.165, 1.54) is 0 Å². The average molecular weight is 352 g/mol. The summed E-state index contributed by atoms with van der Waals surface area (Å²) in [6.45, 7) is 4.03. The van der Waals surface area contributed by atoms with Gasteiger partial charge in [0.1, 0.15) is 5.82 Å². The highest BCUT2D eigenvalue weighted by Gasteiger charge is 2.15. The van der Waals surface area contributed by atoms with E-state index in [1.54, 1.807) is 30.5 Å². The van der Waals surface area contributed by atoms with Crippen LogP contribution in [-0.4, -0.2) is 10.9 Å². The highest BCUT2D eigenvalue weighted by atomic mass is 35.5. The Hall–Kier alpha value is -2.85. The van der Waals surface area contributed by atoms with Crippen molar-refractivity contribution in [2.24, 2.45) is 0 Å². The Morgan fingerprint density at radius 3 is 2.40 bits per heavy atom. The molecule has 0 fully saturated rings. The fraction of sp³-hybridized carbons (Fsp3) is 0.100. The van der Waals surface area contributed by atoms with Crippen LogP contribution in [0.1, 0.15) is 21.5 Å². The molecule has 0 saturated carbocycles. The number of carbonyl (C=O) groups is 1. The molecule has 0 spiro atoms. The molecular formula is C20H18ClN3O. The molecule has 2 aromatic carbocycles. The van der Waals surface area contributed by atoms with Crippen LogP contribution in [0.3, 0.4) is 0 Å². The average Bonchev–Trinajstić information content (AvgIpc) is 2.60. The lowest BCUT2D eigenvalue weighted by molar-refractivity contribution is 0.102. The van der Waals surface area contributed by atoms with E-state index < -0.39 is 0 Å². The number of rotatable bonds is 4. The molecule has 1 heterocycles. The van der Waals surface area contributed by atoms with Gasteiger partial charge >= 0.3 is 0 Å². The summed E-state index contributed by atoms with van der Waals surface area (Å²) in [5, 5.41) is 6.61. The Bertz CT molecular complexity index is 904. The fourth-order valence-electron chi connectivity index (χ4n) is 2.57. The number of benzene rings is 2. The van der Waals surface area contributed by atoms with Gasteiger partial charge in [-0.1, -0.05) is 41.9 Å². The second kappa shape index (κ2) is 7.36. The molecule has 0 radical (unpaired) electrons. The molecule has 2 N–H and O–H groups in total. The SMILES string of the molecule is Cc1cccc(C)c1Nc1ncccc1C(=O)Nc1ccccc1Cl. The Balaban J connectivity index is 1.91. The third kappa shape index (κ3) is 3.80. The van der Waals surface area contributed by atoms with Gasteiger partial charge in [-0.25, -0.2) is 4.98 Å². The predicted molar refractivity (Wildman–Crippen MR) is 103 cm³/mol. The van der Waals surface area contributed by atoms with E-state index in [4.69, 9.17) is 11.6 Å². The number of amides is 1. The van der Waals surface area contributed by atoms with Gasteiger partial charge in [-0.15, -0.1) is 0 Å². The maximum Gasteiger partial charge on any atom is 0.259 e. The number of hydrogen-bond donors (Lipinski definition) is 2. The summed E-state index contributed by atoms with van der Waals surface area (Å²) >= 11 is 6.12. The quantitative estimate of drug-likeness (QED) is 0.666. The molecule has 3 rings (SSSR count). The molecule has 4 nitrogen and oxygen atoms in total. The van der Waals surface area contributed by atoms with E-state index in [9.17, 15) is 4.79 Å². The monoisotopic (exact) mass is 351 g/mol. The van der Waals surface area contributed by atoms with Gasteiger partial charge in [-0.05, 0) is 49.2 Å². The molecule has 25 heavy (non-hydrogen) atoms. The van der Waals surface area contributed by atoms with Crippen molar-refractivity contribution in [3.8, 4) is 0 Å². The fourth-order valence-corrected chi connectivity index (χ4v) is 2.75. The number of carbonyl (C=O) groups excluding carboxylic acids is 1. The zero-order valence-corrected chi connectivity index (χ0v) is 14.8. The van der Waals surface area contributed by atoms with Crippen LogP contribution in [0.5, 0.6) is 0 Å². The summed E-state index contributed by atoms with van der Waals surface area (Å²) in [4.78, 5) is 17.0. The van der Waals surface area contributed by atoms with E-state index in [-0.39, 0.29) is 5.91 Å². The molecule has 0 bridgehead atoms. The van der Waals surface area contributed by atoms with Crippen molar-refractivity contribution in [1.82, 2.24) is 4.98 Å². The molecule has 0 aliphatic carbocycles. The molecule has 126 valence electrons. The van der Waals surface area contributed by atoms with E-state index in [2.05, 4.69) is 15.6 Å². The first-order valence-corrected chi connectivity index (χ1v) is 8.28. The van der Waals surface area contributed by atoms with Gasteiger partial charge in [0.15, 0.2) is 0 Å². The van der Waals surface area contributed by atoms with Crippen LogP contribution in [-0.2, 0) is 0 Å². The summed E-state index contributed by atoms with van der Waals surface area (Å²) in [6, 6.07) is 16.6. The molecular weight excluding hydrogens is 334 g/mol. The first kappa shape index (κ1) is 17.0. The smallest absolute Gasteiger partial charge is 0.259 e. The molecule has 0 atom stereocenters. The van der Waals surface area contributed by atoms with Crippen LogP contribution in [0, 0.1) is 13.8 Å². The lowest BCUT2D eigenvalue weighted by atomic mass is 10.1. The van der Waals surface area contributed by atoms with Crippen molar-refractivity contribution in [1.29, 1.82) is 0 Å². The Morgan fingerprint density at radius 2 is 1.68 bits per heavy atom. The van der Waals surface area contributed by atoms with Crippen LogP contribution < -0.4 is 10.6 Å². The number of nitrogens with one attached hydrogen (secondary N) is 2. The number of pyridine rings is 1. The largest absolute Gasteiger partial charge is 0.339 e. The Kier molecular flexibility index (Phi) is 5.00. The Morgan fingerprint density at radius 1 is 0.960 bits per heavy atom. The van der Waals surface area contributed by atoms with E-state index >= 15 is 0 Å². The maximum atomic E-state index is 12.7. The number of halogens is 1. The van der Waals surface area contributed by atoms with Crippen molar-refractivity contribution in [2.75, 3.05) is 10.6 Å². The predicted octanol–water partition coefficient (Wildman–Crippen LogP) is 5.35. The third-order valence-corrected chi connectivity index (χ3v) is 4.23. The number of para-hydroxylation sites is 2. The van der Waals surface area contributed by atoms with Gasteiger partial charge in [0.2, 0.25) is 0 Å². The first-order valence-electron chi connectivity index (χ1n) is 7.90. The minimum Gasteiger partial charge on any atom is -0.339 e. The van der Waals surface area contributed by atoms with E-state index in [0.29, 0.717) is 22.1 Å². The van der Waals surface area contributed by atoms with Gasteiger partial charge in [-0.2, -0.15) is 0 Å². The van der Waals surface area contributed by atoms with Gasteiger partial charge in [0.05, 0.1) is 16.3 Å². The van der Waals surface area contributed by atoms with Crippen LogP contribution >= 0.6 is 11.6 Å². The number of anilines is 3. The number of nitrogens with zero attached hydrogens (tertiary/aromatic N) is 1. The summed E-state index contributed by atoms with van der Waals surface area (Å²) < 4.78 is 0. The van der Waals surface area contributed by atoms with Crippen molar-refractivity contribution in [3.05, 3.63) is 82.5 Å². The van der Waals surface area contributed by atoms with Crippen LogP contribution in [0.25, 0.3) is 0 Å². The zero-order valence-electron chi connectivity index (χ0n) is 14.0. The van der Waals surface area contributed by atoms with Gasteiger partial charge in [0, 0.05) is 11.9 Å². The van der Waals surface area contributed by atoms with Crippen molar-refractivity contribution in [3.63, 3.8) is 0 Å². The van der Waals surface area contributed by atoms with Gasteiger partial charge in [-0.3, -0.25) is 4.79 Å². The maximum absolute atomic E-state index is 12.7. The minimum atomic E-state index is -0.269. The molecule has 0 aliphatic heterocycles. The van der Waals surface area contributed by atoms with Gasteiger partial charge in [0.25, 0.3) is 5.91 Å². The highest BCUT2D eigenvalue weighted by Crippen LogP contribution is 2.26. The minimum absolute atomic E-state index is 0.269.